The molecule has 11 heteroatoms. The molecule has 0 bridgehead atoms. The van der Waals surface area contributed by atoms with E-state index in [1.807, 2.05) is 47.4 Å². The van der Waals surface area contributed by atoms with Crippen LogP contribution in [0.15, 0.2) is 84.9 Å². The number of amides is 1. The molecular weight excluding hydrogens is 664 g/mol. The Morgan fingerprint density at radius 1 is 0.808 bits per heavy atom. The van der Waals surface area contributed by atoms with E-state index in [1.165, 1.54) is 24.3 Å². The summed E-state index contributed by atoms with van der Waals surface area (Å²) in [5.74, 6) is 1.86. The van der Waals surface area contributed by atoms with Gasteiger partial charge in [0.25, 0.3) is 0 Å². The average Bonchev–Trinajstić information content (AvgIpc) is 3.67. The van der Waals surface area contributed by atoms with Gasteiger partial charge in [-0.25, -0.2) is 13.8 Å². The highest BCUT2D eigenvalue weighted by atomic mass is 19.1. The lowest BCUT2D eigenvalue weighted by atomic mass is 9.76. The Balaban J connectivity index is 1.03. The van der Waals surface area contributed by atoms with Crippen molar-refractivity contribution < 1.29 is 27.8 Å². The van der Waals surface area contributed by atoms with Gasteiger partial charge in [0.15, 0.2) is 11.5 Å². The first kappa shape index (κ1) is 35.3. The Hall–Kier alpha value is -5.16. The van der Waals surface area contributed by atoms with Crippen molar-refractivity contribution in [2.24, 2.45) is 0 Å². The number of benzene rings is 4. The molecule has 0 aliphatic carbocycles. The van der Waals surface area contributed by atoms with E-state index in [2.05, 4.69) is 20.9 Å². The molecule has 52 heavy (non-hydrogen) atoms. The van der Waals surface area contributed by atoms with Crippen LogP contribution < -0.4 is 19.5 Å². The number of rotatable bonds is 13. The second-order valence-electron chi connectivity index (χ2n) is 13.7. The van der Waals surface area contributed by atoms with Gasteiger partial charge >= 0.3 is 0 Å². The average molecular weight is 710 g/mol. The van der Waals surface area contributed by atoms with Crippen molar-refractivity contribution in [3.05, 3.63) is 113 Å². The molecule has 0 saturated carbocycles. The fraction of sp³-hybridized carbons (Fsp3) is 0.366. The van der Waals surface area contributed by atoms with Crippen molar-refractivity contribution in [2.45, 2.75) is 50.2 Å². The molecule has 272 valence electrons. The summed E-state index contributed by atoms with van der Waals surface area (Å²) in [5, 5.41) is 3.72. The van der Waals surface area contributed by atoms with E-state index >= 15 is 0 Å². The number of likely N-dealkylation sites (tertiary alicyclic amines) is 2. The molecule has 5 aromatic rings. The molecule has 2 saturated heterocycles. The number of fused-ring (bicyclic) bond motifs is 1. The summed E-state index contributed by atoms with van der Waals surface area (Å²) in [7, 11) is 4.72. The van der Waals surface area contributed by atoms with Crippen LogP contribution in [0, 0.1) is 11.6 Å². The Morgan fingerprint density at radius 3 is 2.12 bits per heavy atom. The fourth-order valence-electron chi connectivity index (χ4n) is 7.80. The molecule has 2 aliphatic heterocycles. The molecule has 3 heterocycles. The predicted octanol–water partition coefficient (Wildman–Crippen LogP) is 7.03. The smallest absolute Gasteiger partial charge is 0.233 e. The number of para-hydroxylation sites is 2. The fourth-order valence-corrected chi connectivity index (χ4v) is 7.80. The Kier molecular flexibility index (Phi) is 10.3. The minimum Gasteiger partial charge on any atom is -0.493 e. The zero-order valence-electron chi connectivity index (χ0n) is 29.9. The number of piperidine rings is 1. The van der Waals surface area contributed by atoms with E-state index in [1.54, 1.807) is 33.5 Å². The predicted molar refractivity (Wildman–Crippen MR) is 197 cm³/mol. The highest BCUT2D eigenvalue weighted by Gasteiger charge is 2.48. The van der Waals surface area contributed by atoms with Crippen LogP contribution in [0.2, 0.25) is 0 Å². The summed E-state index contributed by atoms with van der Waals surface area (Å²) in [5.41, 5.74) is 3.91. The Morgan fingerprint density at radius 2 is 1.46 bits per heavy atom. The number of anilines is 1. The zero-order chi connectivity index (χ0) is 36.2. The first-order valence-electron chi connectivity index (χ1n) is 17.8. The van der Waals surface area contributed by atoms with Crippen molar-refractivity contribution in [2.75, 3.05) is 52.8 Å². The van der Waals surface area contributed by atoms with Crippen LogP contribution in [0.1, 0.15) is 42.4 Å². The number of carbonyl (C=O) groups excluding carboxylic acids is 1. The number of halogens is 2. The summed E-state index contributed by atoms with van der Waals surface area (Å²) in [4.78, 5) is 23.7. The Labute approximate surface area is 303 Å². The van der Waals surface area contributed by atoms with Gasteiger partial charge in [-0.15, -0.1) is 0 Å². The van der Waals surface area contributed by atoms with Crippen LogP contribution in [0.4, 0.5) is 14.7 Å². The van der Waals surface area contributed by atoms with Gasteiger partial charge in [0.05, 0.1) is 44.3 Å². The third-order valence-corrected chi connectivity index (χ3v) is 10.7. The van der Waals surface area contributed by atoms with Gasteiger partial charge in [0.2, 0.25) is 17.6 Å². The highest BCUT2D eigenvalue weighted by molar-refractivity contribution is 5.90. The zero-order valence-corrected chi connectivity index (χ0v) is 29.9. The van der Waals surface area contributed by atoms with Crippen LogP contribution in [0.3, 0.4) is 0 Å². The maximum Gasteiger partial charge on any atom is 0.233 e. The van der Waals surface area contributed by atoms with E-state index < -0.39 is 5.41 Å². The number of nitrogens with zero attached hydrogens (tertiary/aromatic N) is 4. The second kappa shape index (κ2) is 15.2. The number of imidazole rings is 1. The standard InChI is InChI=1S/C41H45F2N5O4/c1-50-36-24-29(25-37(51-2)38(36)52-3)26-47-23-19-41(39(47)49,30-10-14-32(43)15-11-30)18-22-46-20-16-33(17-21-46)44-40-45-34-6-4-5-7-35(34)48(40)27-28-8-12-31(42)13-9-28/h4-15,24-25,33H,16-23,26-27H2,1-3H3,(H,44,45). The lowest BCUT2D eigenvalue weighted by Gasteiger charge is -2.36. The second-order valence-corrected chi connectivity index (χ2v) is 13.7. The SMILES string of the molecule is COc1cc(CN2CCC(CCN3CCC(Nc4nc5ccccc5n4Cc4ccc(F)cc4)CC3)(c3ccc(F)cc3)C2=O)cc(OC)c1OC. The van der Waals surface area contributed by atoms with E-state index in [0.29, 0.717) is 49.7 Å². The molecular formula is C41H45F2N5O4. The number of nitrogens with one attached hydrogen (secondary N) is 1. The maximum absolute atomic E-state index is 14.4. The monoisotopic (exact) mass is 709 g/mol. The van der Waals surface area contributed by atoms with E-state index in [9.17, 15) is 13.6 Å². The summed E-state index contributed by atoms with van der Waals surface area (Å²) in [6.07, 6.45) is 3.12. The lowest BCUT2D eigenvalue weighted by molar-refractivity contribution is -0.133. The molecule has 0 radical (unpaired) electrons. The van der Waals surface area contributed by atoms with E-state index in [4.69, 9.17) is 19.2 Å². The van der Waals surface area contributed by atoms with Crippen molar-refractivity contribution in [3.8, 4) is 17.2 Å². The third kappa shape index (κ3) is 7.14. The molecule has 4 aromatic carbocycles. The van der Waals surface area contributed by atoms with Crippen LogP contribution >= 0.6 is 0 Å². The molecule has 1 amide bonds. The Bertz CT molecular complexity index is 1990. The van der Waals surface area contributed by atoms with Gasteiger partial charge in [-0.05, 0) is 97.4 Å². The van der Waals surface area contributed by atoms with Crippen LogP contribution in [0.25, 0.3) is 11.0 Å². The van der Waals surface area contributed by atoms with Gasteiger partial charge in [0.1, 0.15) is 11.6 Å². The van der Waals surface area contributed by atoms with Crippen molar-refractivity contribution in [1.82, 2.24) is 19.4 Å². The molecule has 1 aromatic heterocycles. The molecule has 7 rings (SSSR count). The summed E-state index contributed by atoms with van der Waals surface area (Å²) in [6, 6.07) is 25.1. The number of carbonyl (C=O) groups is 1. The molecule has 9 nitrogen and oxygen atoms in total. The summed E-state index contributed by atoms with van der Waals surface area (Å²) in [6.45, 7) is 4.05. The quantitative estimate of drug-likeness (QED) is 0.141. The number of aromatic nitrogens is 2. The first-order valence-corrected chi connectivity index (χ1v) is 17.8. The van der Waals surface area contributed by atoms with Crippen molar-refractivity contribution in [3.63, 3.8) is 0 Å². The summed E-state index contributed by atoms with van der Waals surface area (Å²) >= 11 is 0. The number of ether oxygens (including phenoxy) is 3. The molecule has 2 fully saturated rings. The van der Waals surface area contributed by atoms with Gasteiger partial charge in [0, 0.05) is 32.2 Å². The number of hydrogen-bond acceptors (Lipinski definition) is 7. The first-order chi connectivity index (χ1) is 25.3. The van der Waals surface area contributed by atoms with Crippen molar-refractivity contribution >= 4 is 22.9 Å². The highest BCUT2D eigenvalue weighted by Crippen LogP contribution is 2.42. The van der Waals surface area contributed by atoms with Gasteiger partial charge in [-0.1, -0.05) is 36.4 Å². The largest absolute Gasteiger partial charge is 0.493 e. The maximum atomic E-state index is 14.4. The third-order valence-electron chi connectivity index (χ3n) is 10.7. The molecule has 1 unspecified atom stereocenters. The van der Waals surface area contributed by atoms with Gasteiger partial charge in [-0.3, -0.25) is 4.79 Å². The molecule has 1 atom stereocenters. The lowest BCUT2D eigenvalue weighted by Crippen LogP contribution is -2.44. The van der Waals surface area contributed by atoms with Crippen LogP contribution in [-0.4, -0.2) is 78.8 Å². The van der Waals surface area contributed by atoms with E-state index in [0.717, 1.165) is 66.1 Å². The minimum atomic E-state index is -0.755. The van der Waals surface area contributed by atoms with Crippen molar-refractivity contribution in [1.29, 1.82) is 0 Å². The van der Waals surface area contributed by atoms with Crippen LogP contribution in [-0.2, 0) is 23.3 Å². The molecule has 1 N–H and O–H groups in total. The molecule has 0 spiro atoms. The number of hydrogen-bond donors (Lipinski definition) is 1. The topological polar surface area (TPSA) is 81.1 Å². The minimum absolute atomic E-state index is 0.0458. The van der Waals surface area contributed by atoms with Gasteiger partial charge in [-0.2, -0.15) is 0 Å². The molecule has 2 aliphatic rings. The van der Waals surface area contributed by atoms with Gasteiger partial charge < -0.3 is 33.9 Å². The normalized spacial score (nSPS) is 18.2. The summed E-state index contributed by atoms with van der Waals surface area (Å²) < 4.78 is 46.5. The van der Waals surface area contributed by atoms with E-state index in [-0.39, 0.29) is 23.6 Å². The number of methoxy groups -OCH3 is 3. The van der Waals surface area contributed by atoms with Crippen LogP contribution in [0.5, 0.6) is 17.2 Å².